The quantitative estimate of drug-likeness (QED) is 0.261. The van der Waals surface area contributed by atoms with Gasteiger partial charge in [0.1, 0.15) is 0 Å². The van der Waals surface area contributed by atoms with Crippen molar-refractivity contribution in [3.63, 3.8) is 0 Å². The normalized spacial score (nSPS) is 12.0. The van der Waals surface area contributed by atoms with Gasteiger partial charge in [-0.1, -0.05) is 47.5 Å². The number of aromatic nitrogens is 2. The van der Waals surface area contributed by atoms with Crippen LogP contribution in [0.5, 0.6) is 0 Å². The van der Waals surface area contributed by atoms with Crippen molar-refractivity contribution in [1.29, 1.82) is 5.26 Å². The van der Waals surface area contributed by atoms with Crippen LogP contribution in [0.2, 0.25) is 10.0 Å². The number of halogens is 2. The molecule has 2 N–H and O–H groups in total. The predicted octanol–water partition coefficient (Wildman–Crippen LogP) is 5.70. The highest BCUT2D eigenvalue weighted by Gasteiger charge is 2.18. The van der Waals surface area contributed by atoms with Crippen LogP contribution in [0.1, 0.15) is 27.5 Å². The van der Waals surface area contributed by atoms with E-state index in [4.69, 9.17) is 33.5 Å². The van der Waals surface area contributed by atoms with Gasteiger partial charge in [-0.3, -0.25) is 10.1 Å². The summed E-state index contributed by atoms with van der Waals surface area (Å²) < 4.78 is 1.87. The number of nitrogens with one attached hydrogen (secondary N) is 2. The highest BCUT2D eigenvalue weighted by atomic mass is 35.5. The highest BCUT2D eigenvalue weighted by Crippen LogP contribution is 2.30. The van der Waals surface area contributed by atoms with E-state index in [-0.39, 0.29) is 11.9 Å². The molecule has 0 bridgehead atoms. The fraction of sp³-hybridized carbons (Fsp3) is 0.0769. The van der Waals surface area contributed by atoms with E-state index in [2.05, 4.69) is 21.7 Å². The Bertz CT molecular complexity index is 1360. The van der Waals surface area contributed by atoms with E-state index in [1.165, 1.54) is 0 Å². The monoisotopic (exact) mass is 502 g/mol. The second-order valence-corrected chi connectivity index (χ2v) is 8.40. The molecule has 4 rings (SSSR count). The van der Waals surface area contributed by atoms with Crippen molar-refractivity contribution in [3.05, 3.63) is 118 Å². The second-order valence-electron chi connectivity index (χ2n) is 7.55. The molecule has 0 aliphatic heterocycles. The third kappa shape index (κ3) is 6.48. The fourth-order valence-electron chi connectivity index (χ4n) is 3.36. The molecule has 7 nitrogen and oxygen atoms in total. The molecule has 0 spiro atoms. The smallest absolute Gasteiger partial charge is 0.257 e. The minimum Gasteiger partial charge on any atom is -0.335 e. The van der Waals surface area contributed by atoms with Crippen LogP contribution in [0.25, 0.3) is 0 Å². The van der Waals surface area contributed by atoms with Crippen molar-refractivity contribution in [2.24, 2.45) is 4.99 Å². The number of nitriles is 1. The highest BCUT2D eigenvalue weighted by molar-refractivity contribution is 6.35. The van der Waals surface area contributed by atoms with E-state index >= 15 is 0 Å². The summed E-state index contributed by atoms with van der Waals surface area (Å²) in [4.78, 5) is 21.9. The number of guanidine groups is 1. The number of imidazole rings is 1. The first-order valence-electron chi connectivity index (χ1n) is 10.6. The lowest BCUT2D eigenvalue weighted by Gasteiger charge is -2.19. The van der Waals surface area contributed by atoms with Gasteiger partial charge < -0.3 is 9.88 Å². The summed E-state index contributed by atoms with van der Waals surface area (Å²) in [6, 6.07) is 22.5. The number of aliphatic imine (C=N–C) groups is 1. The molecule has 4 aromatic rings. The summed E-state index contributed by atoms with van der Waals surface area (Å²) in [5, 5.41) is 16.1. The SMILES string of the molecule is N#Cc1ccc(NC(=NC(Cn2ccnc2)c2ccc(Cl)cc2Cl)NC(=O)c2ccccc2)cc1. The van der Waals surface area contributed by atoms with Crippen molar-refractivity contribution in [2.45, 2.75) is 12.6 Å². The van der Waals surface area contributed by atoms with Gasteiger partial charge in [-0.25, -0.2) is 9.98 Å². The first-order valence-corrected chi connectivity index (χ1v) is 11.4. The zero-order chi connectivity index (χ0) is 24.6. The molecule has 1 unspecified atom stereocenters. The van der Waals surface area contributed by atoms with Crippen LogP contribution in [0.15, 0.2) is 96.5 Å². The summed E-state index contributed by atoms with van der Waals surface area (Å²) in [6.45, 7) is 0.418. The van der Waals surface area contributed by atoms with Crippen LogP contribution in [0, 0.1) is 11.3 Å². The maximum absolute atomic E-state index is 13.0. The zero-order valence-corrected chi connectivity index (χ0v) is 19.9. The zero-order valence-electron chi connectivity index (χ0n) is 18.4. The average molecular weight is 503 g/mol. The van der Waals surface area contributed by atoms with Crippen LogP contribution in [-0.4, -0.2) is 21.4 Å². The summed E-state index contributed by atoms with van der Waals surface area (Å²) >= 11 is 12.6. The van der Waals surface area contributed by atoms with Gasteiger partial charge in [-0.15, -0.1) is 0 Å². The Morgan fingerprint density at radius 3 is 2.51 bits per heavy atom. The summed E-state index contributed by atoms with van der Waals surface area (Å²) in [5.41, 5.74) is 2.39. The number of benzene rings is 3. The van der Waals surface area contributed by atoms with E-state index in [1.54, 1.807) is 73.2 Å². The van der Waals surface area contributed by atoms with Crippen molar-refractivity contribution in [2.75, 3.05) is 5.32 Å². The lowest BCUT2D eigenvalue weighted by Crippen LogP contribution is -2.36. The van der Waals surface area contributed by atoms with Crippen molar-refractivity contribution in [3.8, 4) is 6.07 Å². The molecule has 1 amide bonds. The Morgan fingerprint density at radius 2 is 1.86 bits per heavy atom. The largest absolute Gasteiger partial charge is 0.335 e. The third-order valence-electron chi connectivity index (χ3n) is 5.09. The Kier molecular flexibility index (Phi) is 7.78. The molecule has 0 radical (unpaired) electrons. The summed E-state index contributed by atoms with van der Waals surface area (Å²) in [6.07, 6.45) is 5.18. The molecule has 0 saturated carbocycles. The van der Waals surface area contributed by atoms with Gasteiger partial charge in [-0.2, -0.15) is 5.26 Å². The van der Waals surface area contributed by atoms with E-state index in [1.807, 2.05) is 22.9 Å². The predicted molar refractivity (Wildman–Crippen MR) is 138 cm³/mol. The number of hydrogen-bond acceptors (Lipinski definition) is 4. The maximum atomic E-state index is 13.0. The number of anilines is 1. The molecule has 1 atom stereocenters. The molecule has 35 heavy (non-hydrogen) atoms. The number of hydrogen-bond donors (Lipinski definition) is 2. The maximum Gasteiger partial charge on any atom is 0.257 e. The van der Waals surface area contributed by atoms with Crippen LogP contribution in [0.3, 0.4) is 0 Å². The first-order chi connectivity index (χ1) is 17.0. The molecule has 0 fully saturated rings. The Balaban J connectivity index is 1.72. The van der Waals surface area contributed by atoms with Gasteiger partial charge in [0.05, 0.1) is 30.5 Å². The summed E-state index contributed by atoms with van der Waals surface area (Å²) in [7, 11) is 0. The lowest BCUT2D eigenvalue weighted by atomic mass is 10.1. The Labute approximate surface area is 212 Å². The van der Waals surface area contributed by atoms with Gasteiger partial charge in [-0.05, 0) is 54.1 Å². The van der Waals surface area contributed by atoms with Gasteiger partial charge in [0.25, 0.3) is 5.91 Å². The van der Waals surface area contributed by atoms with E-state index in [0.717, 1.165) is 5.56 Å². The standard InChI is InChI=1S/C26H20Cl2N6O/c27-20-8-11-22(23(28)14-20)24(16-34-13-12-30-17-34)32-26(31-21-9-6-18(15-29)7-10-21)33-25(35)19-4-2-1-3-5-19/h1-14,17,24H,16H2,(H2,31,32,33,35). The van der Waals surface area contributed by atoms with Gasteiger partial charge in [0.2, 0.25) is 5.96 Å². The summed E-state index contributed by atoms with van der Waals surface area (Å²) in [5.74, 6) is -0.103. The molecular weight excluding hydrogens is 483 g/mol. The van der Waals surface area contributed by atoms with E-state index in [0.29, 0.717) is 33.4 Å². The molecule has 1 aromatic heterocycles. The number of carbonyl (C=O) groups is 1. The van der Waals surface area contributed by atoms with Crippen LogP contribution < -0.4 is 10.6 Å². The molecule has 174 valence electrons. The van der Waals surface area contributed by atoms with Crippen LogP contribution in [0.4, 0.5) is 5.69 Å². The van der Waals surface area contributed by atoms with Gasteiger partial charge in [0.15, 0.2) is 0 Å². The van der Waals surface area contributed by atoms with Gasteiger partial charge >= 0.3 is 0 Å². The topological polar surface area (TPSA) is 95.1 Å². The first kappa shape index (κ1) is 24.0. The molecular formula is C26H20Cl2N6O. The average Bonchev–Trinajstić information content (AvgIpc) is 3.38. The molecule has 3 aromatic carbocycles. The van der Waals surface area contributed by atoms with Crippen LogP contribution >= 0.6 is 23.2 Å². The minimum atomic E-state index is -0.481. The Hall–Kier alpha value is -4.12. The van der Waals surface area contributed by atoms with Crippen LogP contribution in [-0.2, 0) is 6.54 Å². The molecule has 0 saturated heterocycles. The second kappa shape index (κ2) is 11.3. The van der Waals surface area contributed by atoms with Gasteiger partial charge in [0, 0.05) is 33.7 Å². The third-order valence-corrected chi connectivity index (χ3v) is 5.66. The minimum absolute atomic E-state index is 0.222. The number of nitrogens with zero attached hydrogens (tertiary/aromatic N) is 4. The number of carbonyl (C=O) groups excluding carboxylic acids is 1. The molecule has 9 heteroatoms. The Morgan fingerprint density at radius 1 is 1.09 bits per heavy atom. The van der Waals surface area contributed by atoms with E-state index in [9.17, 15) is 4.79 Å². The van der Waals surface area contributed by atoms with E-state index < -0.39 is 6.04 Å². The van der Waals surface area contributed by atoms with Crippen molar-refractivity contribution >= 4 is 40.8 Å². The van der Waals surface area contributed by atoms with Crippen molar-refractivity contribution < 1.29 is 4.79 Å². The molecule has 1 heterocycles. The molecule has 0 aliphatic carbocycles. The van der Waals surface area contributed by atoms with Crippen molar-refractivity contribution in [1.82, 2.24) is 14.9 Å². The fourth-order valence-corrected chi connectivity index (χ4v) is 3.90. The molecule has 0 aliphatic rings. The number of amides is 1. The lowest BCUT2D eigenvalue weighted by molar-refractivity contribution is 0.0977. The number of rotatable bonds is 6.